The number of hydrogen-bond donors (Lipinski definition) is 1. The van der Waals surface area contributed by atoms with Crippen molar-refractivity contribution in [3.63, 3.8) is 0 Å². The molecule has 98 valence electrons. The van der Waals surface area contributed by atoms with Gasteiger partial charge in [0.1, 0.15) is 5.75 Å². The fourth-order valence-corrected chi connectivity index (χ4v) is 1.58. The summed E-state index contributed by atoms with van der Waals surface area (Å²) in [5.41, 5.74) is -0.809. The van der Waals surface area contributed by atoms with E-state index in [2.05, 4.69) is 9.97 Å². The highest BCUT2D eigenvalue weighted by atomic mass is 35.5. The third-order valence-corrected chi connectivity index (χ3v) is 2.56. The van der Waals surface area contributed by atoms with Crippen LogP contribution in [0.25, 0.3) is 11.4 Å². The number of halogens is 2. The van der Waals surface area contributed by atoms with Gasteiger partial charge in [0.15, 0.2) is 17.3 Å². The molecule has 0 fully saturated rings. The van der Waals surface area contributed by atoms with Gasteiger partial charge in [-0.15, -0.1) is 0 Å². The second kappa shape index (κ2) is 5.19. The summed E-state index contributed by atoms with van der Waals surface area (Å²) in [6.07, 6.45) is 1.10. The molecule has 2 rings (SSSR count). The van der Waals surface area contributed by atoms with Gasteiger partial charge in [0.05, 0.1) is 21.7 Å². The van der Waals surface area contributed by atoms with Crippen LogP contribution in [0.1, 0.15) is 14.6 Å². The average Bonchev–Trinajstić information content (AvgIpc) is 2.42. The van der Waals surface area contributed by atoms with Crippen molar-refractivity contribution in [2.24, 2.45) is 0 Å². The van der Waals surface area contributed by atoms with Crippen LogP contribution >= 0.6 is 11.6 Å². The number of carboxylic acid groups (broad SMARTS) is 1. The molecule has 5 nitrogen and oxygen atoms in total. The largest absolute Gasteiger partial charge is 0.496 e. The van der Waals surface area contributed by atoms with Crippen LogP contribution in [-0.2, 0) is 0 Å². The maximum Gasteiger partial charge on any atom is 0.354 e. The molecule has 0 aliphatic heterocycles. The standard InChI is InChI=1S/C12H8ClFN2O3/c1-19-8-3-2-6(13)10(14)9(8)11-15-5-4-7(16-11)12(17)18/h2-5H,1H3,(H,17,18)/i1D3. The lowest BCUT2D eigenvalue weighted by atomic mass is 10.1. The number of benzene rings is 1. The number of aromatic nitrogens is 2. The van der Waals surface area contributed by atoms with Gasteiger partial charge in [-0.3, -0.25) is 0 Å². The first-order valence-corrected chi connectivity index (χ1v) is 5.30. The molecule has 0 saturated heterocycles. The molecule has 0 bridgehead atoms. The number of nitrogens with zero attached hydrogens (tertiary/aromatic N) is 2. The Morgan fingerprint density at radius 2 is 2.32 bits per heavy atom. The molecule has 0 aliphatic rings. The molecule has 0 amide bonds. The first-order chi connectivity index (χ1) is 10.2. The van der Waals surface area contributed by atoms with Crippen LogP contribution in [0.5, 0.6) is 5.75 Å². The van der Waals surface area contributed by atoms with E-state index in [0.29, 0.717) is 0 Å². The molecule has 19 heavy (non-hydrogen) atoms. The number of carboxylic acids is 1. The fourth-order valence-electron chi connectivity index (χ4n) is 1.42. The zero-order chi connectivity index (χ0) is 16.5. The molecule has 0 aliphatic carbocycles. The number of hydrogen-bond acceptors (Lipinski definition) is 4. The molecule has 0 spiro atoms. The van der Waals surface area contributed by atoms with E-state index in [1.165, 1.54) is 0 Å². The van der Waals surface area contributed by atoms with Crippen LogP contribution in [0.15, 0.2) is 24.4 Å². The van der Waals surface area contributed by atoms with Crippen LogP contribution < -0.4 is 4.74 Å². The number of aromatic carboxylic acids is 1. The second-order valence-corrected chi connectivity index (χ2v) is 3.81. The first kappa shape index (κ1) is 9.69. The van der Waals surface area contributed by atoms with E-state index in [4.69, 9.17) is 25.6 Å². The fraction of sp³-hybridized carbons (Fsp3) is 0.0833. The Kier molecular flexibility index (Phi) is 2.65. The zero-order valence-corrected chi connectivity index (χ0v) is 9.98. The topological polar surface area (TPSA) is 72.3 Å². The minimum Gasteiger partial charge on any atom is -0.496 e. The Hall–Kier alpha value is -2.21. The zero-order valence-electron chi connectivity index (χ0n) is 12.2. The molecule has 0 radical (unpaired) electrons. The summed E-state index contributed by atoms with van der Waals surface area (Å²) in [4.78, 5) is 18.3. The lowest BCUT2D eigenvalue weighted by Crippen LogP contribution is -2.04. The van der Waals surface area contributed by atoms with E-state index >= 15 is 0 Å². The van der Waals surface area contributed by atoms with Gasteiger partial charge >= 0.3 is 5.97 Å². The van der Waals surface area contributed by atoms with Crippen molar-refractivity contribution in [2.75, 3.05) is 7.04 Å². The van der Waals surface area contributed by atoms with E-state index in [1.807, 2.05) is 0 Å². The Morgan fingerprint density at radius 1 is 1.53 bits per heavy atom. The number of carbonyl (C=O) groups is 1. The predicted molar refractivity (Wildman–Crippen MR) is 65.9 cm³/mol. The molecule has 2 aromatic rings. The van der Waals surface area contributed by atoms with Crippen LogP contribution in [0.2, 0.25) is 5.02 Å². The summed E-state index contributed by atoms with van der Waals surface area (Å²) >= 11 is 5.67. The molecular weight excluding hydrogens is 275 g/mol. The Balaban J connectivity index is 2.64. The number of rotatable bonds is 3. The van der Waals surface area contributed by atoms with Crippen molar-refractivity contribution in [3.8, 4) is 17.1 Å². The van der Waals surface area contributed by atoms with Gasteiger partial charge in [-0.25, -0.2) is 19.2 Å². The van der Waals surface area contributed by atoms with Gasteiger partial charge in [0.25, 0.3) is 0 Å². The summed E-state index contributed by atoms with van der Waals surface area (Å²) < 4.78 is 40.2. The van der Waals surface area contributed by atoms with Crippen molar-refractivity contribution in [1.29, 1.82) is 0 Å². The molecule has 1 aromatic carbocycles. The van der Waals surface area contributed by atoms with Crippen molar-refractivity contribution in [1.82, 2.24) is 9.97 Å². The summed E-state index contributed by atoms with van der Waals surface area (Å²) in [6, 6.07) is 3.37. The number of methoxy groups -OCH3 is 1. The van der Waals surface area contributed by atoms with Crippen molar-refractivity contribution >= 4 is 17.6 Å². The number of ether oxygens (including phenoxy) is 1. The van der Waals surface area contributed by atoms with Gasteiger partial charge in [0.2, 0.25) is 0 Å². The summed E-state index contributed by atoms with van der Waals surface area (Å²) in [7, 11) is -2.83. The van der Waals surface area contributed by atoms with Gasteiger partial charge in [-0.05, 0) is 18.2 Å². The average molecular weight is 286 g/mol. The normalized spacial score (nSPS) is 13.3. The molecular formula is C12H8ClFN2O3. The minimum atomic E-state index is -2.83. The monoisotopic (exact) mass is 285 g/mol. The molecule has 7 heteroatoms. The summed E-state index contributed by atoms with van der Waals surface area (Å²) in [6.45, 7) is 0. The van der Waals surface area contributed by atoms with Crippen molar-refractivity contribution in [2.45, 2.75) is 0 Å². The third kappa shape index (κ3) is 2.48. The Labute approximate surface area is 116 Å². The highest BCUT2D eigenvalue weighted by molar-refractivity contribution is 6.31. The maximum absolute atomic E-state index is 14.2. The molecule has 0 saturated carbocycles. The predicted octanol–water partition coefficient (Wildman–Crippen LogP) is 2.64. The van der Waals surface area contributed by atoms with Gasteiger partial charge in [-0.2, -0.15) is 0 Å². The van der Waals surface area contributed by atoms with E-state index < -0.39 is 24.4 Å². The quantitative estimate of drug-likeness (QED) is 0.938. The van der Waals surface area contributed by atoms with Gasteiger partial charge in [-0.1, -0.05) is 11.6 Å². The summed E-state index contributed by atoms with van der Waals surface area (Å²) in [5.74, 6) is -3.07. The Morgan fingerprint density at radius 3 is 3.00 bits per heavy atom. The lowest BCUT2D eigenvalue weighted by Gasteiger charge is -2.09. The highest BCUT2D eigenvalue weighted by Crippen LogP contribution is 2.34. The second-order valence-electron chi connectivity index (χ2n) is 3.41. The Bertz CT molecular complexity index is 740. The van der Waals surface area contributed by atoms with E-state index in [-0.39, 0.29) is 22.3 Å². The van der Waals surface area contributed by atoms with Crippen LogP contribution in [0, 0.1) is 5.82 Å². The van der Waals surface area contributed by atoms with Crippen LogP contribution in [0.3, 0.4) is 0 Å². The smallest absolute Gasteiger partial charge is 0.354 e. The molecule has 1 N–H and O–H groups in total. The van der Waals surface area contributed by atoms with Crippen LogP contribution in [-0.4, -0.2) is 28.1 Å². The lowest BCUT2D eigenvalue weighted by molar-refractivity contribution is 0.0690. The SMILES string of the molecule is [2H]C([2H])([2H])Oc1ccc(Cl)c(F)c1-c1nccc(C(=O)O)n1. The van der Waals surface area contributed by atoms with Crippen molar-refractivity contribution < 1.29 is 23.1 Å². The molecule has 0 unspecified atom stereocenters. The minimum absolute atomic E-state index is 0.308. The van der Waals surface area contributed by atoms with E-state index in [0.717, 1.165) is 24.4 Å². The maximum atomic E-state index is 14.2. The van der Waals surface area contributed by atoms with Gasteiger partial charge in [0, 0.05) is 6.20 Å². The third-order valence-electron chi connectivity index (χ3n) is 2.26. The first-order valence-electron chi connectivity index (χ1n) is 6.43. The van der Waals surface area contributed by atoms with Crippen molar-refractivity contribution in [3.05, 3.63) is 40.9 Å². The molecule has 0 atom stereocenters. The molecule has 1 aromatic heterocycles. The summed E-state index contributed by atoms with van der Waals surface area (Å²) in [5, 5.41) is 8.60. The highest BCUT2D eigenvalue weighted by Gasteiger charge is 2.19. The van der Waals surface area contributed by atoms with E-state index in [1.54, 1.807) is 0 Å². The van der Waals surface area contributed by atoms with Gasteiger partial charge < -0.3 is 9.84 Å². The van der Waals surface area contributed by atoms with Crippen LogP contribution in [0.4, 0.5) is 4.39 Å². The van der Waals surface area contributed by atoms with E-state index in [9.17, 15) is 9.18 Å². The molecule has 1 heterocycles.